The molecule has 1 N–H and O–H groups in total. The van der Waals surface area contributed by atoms with E-state index in [2.05, 4.69) is 44.4 Å². The highest BCUT2D eigenvalue weighted by molar-refractivity contribution is 6.04. The molecule has 4 rings (SSSR count). The van der Waals surface area contributed by atoms with Gasteiger partial charge in [-0.15, -0.1) is 0 Å². The summed E-state index contributed by atoms with van der Waals surface area (Å²) >= 11 is 0. The number of para-hydroxylation sites is 1. The van der Waals surface area contributed by atoms with Crippen LogP contribution in [0.4, 0.5) is 21.6 Å². The van der Waals surface area contributed by atoms with Gasteiger partial charge in [0.1, 0.15) is 11.6 Å². The Labute approximate surface area is 163 Å². The van der Waals surface area contributed by atoms with Crippen molar-refractivity contribution >= 4 is 23.1 Å². The van der Waals surface area contributed by atoms with Gasteiger partial charge in [-0.25, -0.2) is 9.37 Å². The van der Waals surface area contributed by atoms with E-state index in [4.69, 9.17) is 0 Å². The number of nitrogens with zero attached hydrogens (tertiary/aromatic N) is 3. The Morgan fingerprint density at radius 3 is 2.32 bits per heavy atom. The molecule has 5 nitrogen and oxygen atoms in total. The lowest BCUT2D eigenvalue weighted by Gasteiger charge is -2.36. The van der Waals surface area contributed by atoms with Gasteiger partial charge in [0.15, 0.2) is 0 Å². The lowest BCUT2D eigenvalue weighted by molar-refractivity contribution is 0.102. The van der Waals surface area contributed by atoms with E-state index in [-0.39, 0.29) is 11.5 Å². The monoisotopic (exact) mass is 376 g/mol. The Morgan fingerprint density at radius 2 is 1.64 bits per heavy atom. The van der Waals surface area contributed by atoms with E-state index in [1.54, 1.807) is 12.3 Å². The van der Waals surface area contributed by atoms with Gasteiger partial charge in [0, 0.05) is 37.4 Å². The first-order valence-corrected chi connectivity index (χ1v) is 9.27. The highest BCUT2D eigenvalue weighted by Gasteiger charge is 2.18. The summed E-state index contributed by atoms with van der Waals surface area (Å²) < 4.78 is 13.3. The number of pyridine rings is 1. The fraction of sp³-hybridized carbons (Fsp3) is 0.182. The zero-order valence-electron chi connectivity index (χ0n) is 15.4. The maximum Gasteiger partial charge on any atom is 0.255 e. The molecule has 142 valence electrons. The van der Waals surface area contributed by atoms with Gasteiger partial charge in [-0.3, -0.25) is 4.79 Å². The van der Waals surface area contributed by atoms with Crippen molar-refractivity contribution in [3.05, 3.63) is 84.3 Å². The van der Waals surface area contributed by atoms with Crippen molar-refractivity contribution in [1.82, 2.24) is 4.98 Å². The number of benzene rings is 2. The zero-order valence-corrected chi connectivity index (χ0v) is 15.4. The molecule has 1 aliphatic heterocycles. The summed E-state index contributed by atoms with van der Waals surface area (Å²) in [4.78, 5) is 21.3. The van der Waals surface area contributed by atoms with Crippen LogP contribution in [0.5, 0.6) is 0 Å². The molecule has 1 amide bonds. The first kappa shape index (κ1) is 18.0. The van der Waals surface area contributed by atoms with Crippen molar-refractivity contribution in [2.45, 2.75) is 0 Å². The average molecular weight is 376 g/mol. The predicted molar refractivity (Wildman–Crippen MR) is 109 cm³/mol. The van der Waals surface area contributed by atoms with E-state index in [1.165, 1.54) is 23.9 Å². The standard InChI is InChI=1S/C22H21FN4O/c23-18-6-4-5-17(15-18)22(28)25-19-9-10-21(24-16-19)27-13-11-26(12-14-27)20-7-2-1-3-8-20/h1-10,15-16H,11-14H2,(H,25,28). The van der Waals surface area contributed by atoms with E-state index in [9.17, 15) is 9.18 Å². The minimum absolute atomic E-state index is 0.279. The van der Waals surface area contributed by atoms with E-state index in [0.717, 1.165) is 32.0 Å². The van der Waals surface area contributed by atoms with Crippen molar-refractivity contribution in [3.63, 3.8) is 0 Å². The predicted octanol–water partition coefficient (Wildman–Crippen LogP) is 3.80. The van der Waals surface area contributed by atoms with Crippen LogP contribution in [0.25, 0.3) is 0 Å². The first-order valence-electron chi connectivity index (χ1n) is 9.27. The summed E-state index contributed by atoms with van der Waals surface area (Å²) in [6.45, 7) is 3.64. The largest absolute Gasteiger partial charge is 0.368 e. The number of piperazine rings is 1. The minimum Gasteiger partial charge on any atom is -0.368 e. The molecule has 1 fully saturated rings. The second-order valence-electron chi connectivity index (χ2n) is 6.68. The lowest BCUT2D eigenvalue weighted by atomic mass is 10.2. The van der Waals surface area contributed by atoms with Crippen molar-refractivity contribution in [3.8, 4) is 0 Å². The number of amides is 1. The molecule has 28 heavy (non-hydrogen) atoms. The summed E-state index contributed by atoms with van der Waals surface area (Å²) in [5, 5.41) is 2.75. The smallest absolute Gasteiger partial charge is 0.255 e. The van der Waals surface area contributed by atoms with Crippen molar-refractivity contribution in [2.24, 2.45) is 0 Å². The summed E-state index contributed by atoms with van der Waals surface area (Å²) in [5.41, 5.74) is 2.10. The van der Waals surface area contributed by atoms with Gasteiger partial charge in [0.05, 0.1) is 11.9 Å². The molecule has 1 aromatic heterocycles. The summed E-state index contributed by atoms with van der Waals surface area (Å²) in [7, 11) is 0. The number of nitrogens with one attached hydrogen (secondary N) is 1. The molecule has 0 bridgehead atoms. The molecule has 1 aliphatic rings. The Morgan fingerprint density at radius 1 is 0.893 bits per heavy atom. The lowest BCUT2D eigenvalue weighted by Crippen LogP contribution is -2.46. The van der Waals surface area contributed by atoms with Crippen LogP contribution in [-0.4, -0.2) is 37.1 Å². The summed E-state index contributed by atoms with van der Waals surface area (Å²) in [6.07, 6.45) is 1.64. The van der Waals surface area contributed by atoms with Crippen LogP contribution in [0.2, 0.25) is 0 Å². The molecule has 0 atom stereocenters. The van der Waals surface area contributed by atoms with Crippen molar-refractivity contribution in [2.75, 3.05) is 41.3 Å². The van der Waals surface area contributed by atoms with Gasteiger partial charge in [-0.05, 0) is 42.5 Å². The molecule has 0 unspecified atom stereocenters. The Kier molecular flexibility index (Phi) is 5.19. The second-order valence-corrected chi connectivity index (χ2v) is 6.68. The number of halogens is 1. The number of carbonyl (C=O) groups excluding carboxylic acids is 1. The Hall–Kier alpha value is -3.41. The van der Waals surface area contributed by atoms with Crippen LogP contribution in [0, 0.1) is 5.82 Å². The van der Waals surface area contributed by atoms with E-state index in [1.807, 2.05) is 18.2 Å². The highest BCUT2D eigenvalue weighted by atomic mass is 19.1. The number of carbonyl (C=O) groups is 1. The van der Waals surface area contributed by atoms with Crippen LogP contribution in [-0.2, 0) is 0 Å². The van der Waals surface area contributed by atoms with Gasteiger partial charge < -0.3 is 15.1 Å². The van der Waals surface area contributed by atoms with Gasteiger partial charge in [0.25, 0.3) is 5.91 Å². The third-order valence-corrected chi connectivity index (χ3v) is 4.82. The van der Waals surface area contributed by atoms with Crippen LogP contribution >= 0.6 is 0 Å². The van der Waals surface area contributed by atoms with Crippen LogP contribution in [0.1, 0.15) is 10.4 Å². The number of hydrogen-bond donors (Lipinski definition) is 1. The maximum atomic E-state index is 13.3. The molecule has 0 radical (unpaired) electrons. The third kappa shape index (κ3) is 4.11. The average Bonchev–Trinajstić information content (AvgIpc) is 2.75. The molecule has 2 heterocycles. The molecule has 0 saturated carbocycles. The quantitative estimate of drug-likeness (QED) is 0.753. The molecule has 0 aliphatic carbocycles. The summed E-state index contributed by atoms with van der Waals surface area (Å²) in [5.74, 6) is 0.0951. The van der Waals surface area contributed by atoms with Crippen molar-refractivity contribution in [1.29, 1.82) is 0 Å². The number of anilines is 3. The van der Waals surface area contributed by atoms with Crippen molar-refractivity contribution < 1.29 is 9.18 Å². The highest BCUT2D eigenvalue weighted by Crippen LogP contribution is 2.20. The Bertz CT molecular complexity index is 938. The van der Waals surface area contributed by atoms with Gasteiger partial charge in [-0.1, -0.05) is 24.3 Å². The number of rotatable bonds is 4. The molecular formula is C22H21FN4O. The maximum absolute atomic E-state index is 13.3. The molecule has 2 aromatic carbocycles. The fourth-order valence-electron chi connectivity index (χ4n) is 3.31. The van der Waals surface area contributed by atoms with Gasteiger partial charge >= 0.3 is 0 Å². The van der Waals surface area contributed by atoms with Gasteiger partial charge in [-0.2, -0.15) is 0 Å². The SMILES string of the molecule is O=C(Nc1ccc(N2CCN(c3ccccc3)CC2)nc1)c1cccc(F)c1. The summed E-state index contributed by atoms with van der Waals surface area (Å²) in [6, 6.07) is 19.7. The molecule has 3 aromatic rings. The fourth-order valence-corrected chi connectivity index (χ4v) is 3.31. The molecule has 6 heteroatoms. The number of aromatic nitrogens is 1. The molecular weight excluding hydrogens is 355 g/mol. The van der Waals surface area contributed by atoms with E-state index < -0.39 is 5.82 Å². The number of hydrogen-bond acceptors (Lipinski definition) is 4. The second kappa shape index (κ2) is 8.08. The van der Waals surface area contributed by atoms with E-state index in [0.29, 0.717) is 5.69 Å². The molecule has 0 spiro atoms. The molecule has 1 saturated heterocycles. The van der Waals surface area contributed by atoms with E-state index >= 15 is 0 Å². The normalized spacial score (nSPS) is 14.0. The topological polar surface area (TPSA) is 48.5 Å². The first-order chi connectivity index (χ1) is 13.7. The zero-order chi connectivity index (χ0) is 19.3. The van der Waals surface area contributed by atoms with Crippen LogP contribution in [0.3, 0.4) is 0 Å². The van der Waals surface area contributed by atoms with Crippen LogP contribution < -0.4 is 15.1 Å². The van der Waals surface area contributed by atoms with Crippen LogP contribution in [0.15, 0.2) is 72.9 Å². The minimum atomic E-state index is -0.434. The Balaban J connectivity index is 1.35. The third-order valence-electron chi connectivity index (χ3n) is 4.82. The van der Waals surface area contributed by atoms with Gasteiger partial charge in [0.2, 0.25) is 0 Å².